The Labute approximate surface area is 138 Å². The number of methoxy groups -OCH3 is 1. The number of aliphatic hydroxyl groups excluding tert-OH is 1. The lowest BCUT2D eigenvalue weighted by molar-refractivity contribution is 0.0136. The molecule has 1 atom stereocenters. The van der Waals surface area contributed by atoms with Crippen LogP contribution in [0.25, 0.3) is 0 Å². The lowest BCUT2D eigenvalue weighted by Crippen LogP contribution is -2.42. The van der Waals surface area contributed by atoms with Gasteiger partial charge in [-0.15, -0.1) is 0 Å². The Hall–Kier alpha value is -1.75. The number of carbonyl (C=O) groups is 1. The number of nitrogens with zero attached hydrogens (tertiary/aromatic N) is 1. The highest BCUT2D eigenvalue weighted by Crippen LogP contribution is 2.37. The summed E-state index contributed by atoms with van der Waals surface area (Å²) in [5, 5.41) is 9.48. The van der Waals surface area contributed by atoms with Gasteiger partial charge in [0.25, 0.3) is 0 Å². The molecule has 0 saturated carbocycles. The van der Waals surface area contributed by atoms with Crippen LogP contribution < -0.4 is 4.74 Å². The highest BCUT2D eigenvalue weighted by atomic mass is 16.6. The van der Waals surface area contributed by atoms with E-state index >= 15 is 0 Å². The van der Waals surface area contributed by atoms with Crippen LogP contribution >= 0.6 is 0 Å². The maximum absolute atomic E-state index is 12.5. The fourth-order valence-corrected chi connectivity index (χ4v) is 3.08. The van der Waals surface area contributed by atoms with E-state index < -0.39 is 5.60 Å². The third-order valence-electron chi connectivity index (χ3n) is 4.08. The summed E-state index contributed by atoms with van der Waals surface area (Å²) in [5.74, 6) is 0.663. The highest BCUT2D eigenvalue weighted by Gasteiger charge is 2.33. The molecule has 0 aromatic heterocycles. The molecule has 1 aromatic carbocycles. The maximum Gasteiger partial charge on any atom is 0.410 e. The second kappa shape index (κ2) is 6.79. The van der Waals surface area contributed by atoms with Crippen LogP contribution in [0.4, 0.5) is 4.79 Å². The Morgan fingerprint density at radius 1 is 1.39 bits per heavy atom. The predicted molar refractivity (Wildman–Crippen MR) is 88.6 cm³/mol. The molecule has 128 valence electrons. The quantitative estimate of drug-likeness (QED) is 0.926. The molecular weight excluding hydrogens is 294 g/mol. The van der Waals surface area contributed by atoms with Crippen LogP contribution in [-0.2, 0) is 17.8 Å². The number of ether oxygens (including phenoxy) is 2. The average molecular weight is 321 g/mol. The Morgan fingerprint density at radius 3 is 2.61 bits per heavy atom. The van der Waals surface area contributed by atoms with Crippen LogP contribution in [-0.4, -0.2) is 35.4 Å². The van der Waals surface area contributed by atoms with Gasteiger partial charge in [0.2, 0.25) is 0 Å². The lowest BCUT2D eigenvalue weighted by Gasteiger charge is -2.38. The first-order valence-corrected chi connectivity index (χ1v) is 8.10. The van der Waals surface area contributed by atoms with Crippen molar-refractivity contribution in [2.75, 3.05) is 13.7 Å². The molecule has 0 saturated heterocycles. The van der Waals surface area contributed by atoms with Crippen LogP contribution in [0, 0.1) is 0 Å². The zero-order valence-corrected chi connectivity index (χ0v) is 14.7. The minimum absolute atomic E-state index is 0.0322. The molecule has 1 aliphatic rings. The van der Waals surface area contributed by atoms with Gasteiger partial charge >= 0.3 is 6.09 Å². The lowest BCUT2D eigenvalue weighted by atomic mass is 9.89. The summed E-state index contributed by atoms with van der Waals surface area (Å²) in [5.41, 5.74) is 2.53. The molecule has 0 aliphatic carbocycles. The number of amides is 1. The van der Waals surface area contributed by atoms with E-state index in [4.69, 9.17) is 9.47 Å². The Kier molecular flexibility index (Phi) is 5.19. The van der Waals surface area contributed by atoms with Crippen LogP contribution in [0.15, 0.2) is 12.1 Å². The number of fused-ring (bicyclic) bond motifs is 1. The van der Waals surface area contributed by atoms with Crippen molar-refractivity contribution in [3.63, 3.8) is 0 Å². The van der Waals surface area contributed by atoms with Crippen LogP contribution in [0.2, 0.25) is 0 Å². The zero-order valence-electron chi connectivity index (χ0n) is 14.7. The number of carbonyl (C=O) groups excluding carboxylic acids is 1. The van der Waals surface area contributed by atoms with Gasteiger partial charge in [0.05, 0.1) is 19.8 Å². The minimum Gasteiger partial charge on any atom is -0.496 e. The van der Waals surface area contributed by atoms with Crippen LogP contribution in [0.5, 0.6) is 5.75 Å². The van der Waals surface area contributed by atoms with E-state index in [0.717, 1.165) is 24.0 Å². The Balaban J connectivity index is 2.35. The van der Waals surface area contributed by atoms with Crippen molar-refractivity contribution in [2.24, 2.45) is 0 Å². The first-order chi connectivity index (χ1) is 10.8. The van der Waals surface area contributed by atoms with Crippen molar-refractivity contribution in [2.45, 2.75) is 58.8 Å². The van der Waals surface area contributed by atoms with Crippen molar-refractivity contribution in [1.82, 2.24) is 4.90 Å². The van der Waals surface area contributed by atoms with E-state index in [9.17, 15) is 9.90 Å². The topological polar surface area (TPSA) is 59.0 Å². The third kappa shape index (κ3) is 3.78. The monoisotopic (exact) mass is 321 g/mol. The molecule has 1 N–H and O–H groups in total. The molecule has 0 bridgehead atoms. The molecule has 23 heavy (non-hydrogen) atoms. The van der Waals surface area contributed by atoms with Gasteiger partial charge in [0, 0.05) is 12.1 Å². The summed E-state index contributed by atoms with van der Waals surface area (Å²) in [6.07, 6.45) is 1.27. The third-order valence-corrected chi connectivity index (χ3v) is 4.08. The van der Waals surface area contributed by atoms with E-state index in [2.05, 4.69) is 6.92 Å². The number of hydrogen-bond donors (Lipinski definition) is 1. The molecule has 5 nitrogen and oxygen atoms in total. The molecule has 1 aliphatic heterocycles. The van der Waals surface area contributed by atoms with Gasteiger partial charge in [0.15, 0.2) is 0 Å². The number of rotatable bonds is 3. The summed E-state index contributed by atoms with van der Waals surface area (Å²) >= 11 is 0. The van der Waals surface area contributed by atoms with E-state index in [1.165, 1.54) is 5.56 Å². The zero-order chi connectivity index (χ0) is 17.2. The van der Waals surface area contributed by atoms with E-state index in [1.807, 2.05) is 32.9 Å². The molecule has 0 spiro atoms. The predicted octanol–water partition coefficient (Wildman–Crippen LogP) is 3.43. The maximum atomic E-state index is 12.5. The van der Waals surface area contributed by atoms with Crippen LogP contribution in [0.1, 0.15) is 56.8 Å². The molecule has 1 aromatic rings. The summed E-state index contributed by atoms with van der Waals surface area (Å²) in [4.78, 5) is 14.3. The van der Waals surface area contributed by atoms with Crippen molar-refractivity contribution in [3.05, 3.63) is 28.8 Å². The summed E-state index contributed by atoms with van der Waals surface area (Å²) in [6, 6.07) is 3.91. The fourth-order valence-electron chi connectivity index (χ4n) is 3.08. The first-order valence-electron chi connectivity index (χ1n) is 8.10. The smallest absolute Gasteiger partial charge is 0.410 e. The SMILES string of the molecule is CCC1c2cc(OC)c(CO)cc2CCN1C(=O)OC(C)(C)C. The van der Waals surface area contributed by atoms with Crippen molar-refractivity contribution in [3.8, 4) is 5.75 Å². The standard InChI is InChI=1S/C18H27NO4/c1-6-15-14-10-16(22-5)13(11-20)9-12(14)7-8-19(15)17(21)23-18(2,3)4/h9-10,15,20H,6-8,11H2,1-5H3. The van der Waals surface area contributed by atoms with Crippen LogP contribution in [0.3, 0.4) is 0 Å². The molecule has 0 fully saturated rings. The van der Waals surface area contributed by atoms with Crippen molar-refractivity contribution < 1.29 is 19.4 Å². The largest absolute Gasteiger partial charge is 0.496 e. The number of benzene rings is 1. The average Bonchev–Trinajstić information content (AvgIpc) is 2.50. The second-order valence-corrected chi connectivity index (χ2v) is 6.87. The van der Waals surface area contributed by atoms with Gasteiger partial charge in [-0.05, 0) is 56.9 Å². The molecule has 0 radical (unpaired) electrons. The first kappa shape index (κ1) is 17.6. The van der Waals surface area contributed by atoms with Gasteiger partial charge < -0.3 is 19.5 Å². The van der Waals surface area contributed by atoms with E-state index in [-0.39, 0.29) is 18.7 Å². The molecule has 1 unspecified atom stereocenters. The highest BCUT2D eigenvalue weighted by molar-refractivity contribution is 5.69. The Morgan fingerprint density at radius 2 is 2.09 bits per heavy atom. The fraction of sp³-hybridized carbons (Fsp3) is 0.611. The Bertz CT molecular complexity index is 577. The molecule has 1 amide bonds. The number of aliphatic hydroxyl groups is 1. The van der Waals surface area contributed by atoms with Gasteiger partial charge in [-0.2, -0.15) is 0 Å². The summed E-state index contributed by atoms with van der Waals surface area (Å²) in [6.45, 7) is 8.26. The summed E-state index contributed by atoms with van der Waals surface area (Å²) in [7, 11) is 1.59. The molecule has 1 heterocycles. The van der Waals surface area contributed by atoms with E-state index in [0.29, 0.717) is 12.3 Å². The minimum atomic E-state index is -0.506. The van der Waals surface area contributed by atoms with Gasteiger partial charge in [0.1, 0.15) is 11.4 Å². The normalized spacial score (nSPS) is 17.7. The summed E-state index contributed by atoms with van der Waals surface area (Å²) < 4.78 is 10.9. The van der Waals surface area contributed by atoms with Crippen molar-refractivity contribution in [1.29, 1.82) is 0 Å². The van der Waals surface area contributed by atoms with Gasteiger partial charge in [-0.1, -0.05) is 6.92 Å². The molecule has 2 rings (SSSR count). The van der Waals surface area contributed by atoms with Gasteiger partial charge in [-0.25, -0.2) is 4.79 Å². The molecule has 5 heteroatoms. The van der Waals surface area contributed by atoms with Crippen molar-refractivity contribution >= 4 is 6.09 Å². The second-order valence-electron chi connectivity index (χ2n) is 6.87. The van der Waals surface area contributed by atoms with Gasteiger partial charge in [-0.3, -0.25) is 0 Å². The van der Waals surface area contributed by atoms with E-state index in [1.54, 1.807) is 12.0 Å². The molecular formula is C18H27NO4. The number of hydrogen-bond acceptors (Lipinski definition) is 4.